The van der Waals surface area contributed by atoms with Gasteiger partial charge in [-0.3, -0.25) is 14.9 Å². The lowest BCUT2D eigenvalue weighted by molar-refractivity contribution is -0.385. The van der Waals surface area contributed by atoms with Crippen LogP contribution in [0.2, 0.25) is 0 Å². The van der Waals surface area contributed by atoms with Gasteiger partial charge >= 0.3 is 0 Å². The van der Waals surface area contributed by atoms with Crippen molar-refractivity contribution in [1.82, 2.24) is 5.32 Å². The molecular weight excluding hydrogens is 360 g/mol. The van der Waals surface area contributed by atoms with E-state index in [2.05, 4.69) is 27.3 Å². The maximum absolute atomic E-state index is 12.5. The van der Waals surface area contributed by atoms with Crippen molar-refractivity contribution in [3.63, 3.8) is 0 Å². The molecule has 0 fully saturated rings. The van der Waals surface area contributed by atoms with Crippen molar-refractivity contribution in [2.24, 2.45) is 0 Å². The van der Waals surface area contributed by atoms with Crippen molar-refractivity contribution in [2.75, 3.05) is 0 Å². The molecule has 2 aromatic carbocycles. The molecule has 5 nitrogen and oxygen atoms in total. The molecule has 0 saturated heterocycles. The average Bonchev–Trinajstić information content (AvgIpc) is 2.55. The maximum atomic E-state index is 12.5. The third-order valence-corrected chi connectivity index (χ3v) is 4.75. The highest BCUT2D eigenvalue weighted by Crippen LogP contribution is 2.30. The van der Waals surface area contributed by atoms with Gasteiger partial charge in [0.05, 0.1) is 15.4 Å². The van der Waals surface area contributed by atoms with Gasteiger partial charge in [0.1, 0.15) is 0 Å². The van der Waals surface area contributed by atoms with Crippen molar-refractivity contribution in [1.29, 1.82) is 0 Å². The molecule has 0 aromatic heterocycles. The Morgan fingerprint density at radius 1 is 1.26 bits per heavy atom. The van der Waals surface area contributed by atoms with Crippen molar-refractivity contribution in [3.8, 4) is 0 Å². The lowest BCUT2D eigenvalue weighted by atomic mass is 9.87. The molecule has 0 saturated carbocycles. The normalized spacial score (nSPS) is 16.5. The van der Waals surface area contributed by atoms with Gasteiger partial charge in [-0.1, -0.05) is 24.3 Å². The molecule has 2 aromatic rings. The third-order valence-electron chi connectivity index (χ3n) is 4.08. The number of carbonyl (C=O) groups excluding carboxylic acids is 1. The molecule has 1 atom stereocenters. The number of benzene rings is 2. The molecule has 6 heteroatoms. The Morgan fingerprint density at radius 2 is 2.04 bits per heavy atom. The van der Waals surface area contributed by atoms with E-state index < -0.39 is 4.92 Å². The minimum atomic E-state index is -0.503. The smallest absolute Gasteiger partial charge is 0.284 e. The summed E-state index contributed by atoms with van der Waals surface area (Å²) in [5, 5.41) is 14.0. The predicted molar refractivity (Wildman–Crippen MR) is 90.4 cm³/mol. The number of carbonyl (C=O) groups is 1. The van der Waals surface area contributed by atoms with E-state index in [0.717, 1.165) is 24.8 Å². The average molecular weight is 375 g/mol. The van der Waals surface area contributed by atoms with E-state index in [1.807, 2.05) is 18.2 Å². The number of nitrogens with zero attached hydrogens (tertiary/aromatic N) is 1. The summed E-state index contributed by atoms with van der Waals surface area (Å²) < 4.78 is 0.363. The molecule has 1 N–H and O–H groups in total. The number of hydrogen-bond acceptors (Lipinski definition) is 3. The molecular formula is C17H15BrN2O3. The van der Waals surface area contributed by atoms with E-state index in [-0.39, 0.29) is 17.6 Å². The van der Waals surface area contributed by atoms with Crippen LogP contribution >= 0.6 is 15.9 Å². The molecule has 3 rings (SSSR count). The number of rotatable bonds is 3. The van der Waals surface area contributed by atoms with Crippen molar-refractivity contribution in [3.05, 3.63) is 73.7 Å². The number of aryl methyl sites for hydroxylation is 1. The predicted octanol–water partition coefficient (Wildman–Crippen LogP) is 4.16. The van der Waals surface area contributed by atoms with E-state index in [9.17, 15) is 14.9 Å². The van der Waals surface area contributed by atoms with Gasteiger partial charge in [-0.2, -0.15) is 0 Å². The number of nitro benzene ring substituents is 1. The van der Waals surface area contributed by atoms with Crippen LogP contribution in [0.25, 0.3) is 0 Å². The van der Waals surface area contributed by atoms with Gasteiger partial charge in [-0.25, -0.2) is 0 Å². The van der Waals surface area contributed by atoms with E-state index in [1.54, 1.807) is 6.07 Å². The molecule has 1 aliphatic rings. The zero-order valence-electron chi connectivity index (χ0n) is 12.3. The highest BCUT2D eigenvalue weighted by Gasteiger charge is 2.23. The summed E-state index contributed by atoms with van der Waals surface area (Å²) in [6.45, 7) is 0. The quantitative estimate of drug-likeness (QED) is 0.647. The Labute approximate surface area is 142 Å². The zero-order valence-corrected chi connectivity index (χ0v) is 13.9. The summed E-state index contributed by atoms with van der Waals surface area (Å²) in [7, 11) is 0. The Balaban J connectivity index is 1.83. The number of amides is 1. The van der Waals surface area contributed by atoms with Crippen LogP contribution in [0.1, 0.15) is 40.4 Å². The topological polar surface area (TPSA) is 72.2 Å². The van der Waals surface area contributed by atoms with Crippen LogP contribution in [0.4, 0.5) is 5.69 Å². The van der Waals surface area contributed by atoms with E-state index in [0.29, 0.717) is 10.0 Å². The largest absolute Gasteiger partial charge is 0.345 e. The van der Waals surface area contributed by atoms with Crippen LogP contribution in [0.5, 0.6) is 0 Å². The van der Waals surface area contributed by atoms with Gasteiger partial charge in [-0.15, -0.1) is 0 Å². The minimum Gasteiger partial charge on any atom is -0.345 e. The Kier molecular flexibility index (Phi) is 4.43. The van der Waals surface area contributed by atoms with Crippen molar-refractivity contribution < 1.29 is 9.72 Å². The molecule has 0 spiro atoms. The van der Waals surface area contributed by atoms with Crippen LogP contribution in [-0.4, -0.2) is 10.8 Å². The second-order valence-corrected chi connectivity index (χ2v) is 6.39. The Hall–Kier alpha value is -2.21. The molecule has 1 amide bonds. The van der Waals surface area contributed by atoms with Crippen LogP contribution in [0.3, 0.4) is 0 Å². The summed E-state index contributed by atoms with van der Waals surface area (Å²) in [5.74, 6) is -0.290. The summed E-state index contributed by atoms with van der Waals surface area (Å²) >= 11 is 3.13. The highest BCUT2D eigenvalue weighted by molar-refractivity contribution is 9.10. The van der Waals surface area contributed by atoms with Crippen molar-refractivity contribution in [2.45, 2.75) is 25.3 Å². The first-order chi connectivity index (χ1) is 11.1. The first-order valence-electron chi connectivity index (χ1n) is 7.39. The molecule has 0 bridgehead atoms. The Morgan fingerprint density at radius 3 is 2.83 bits per heavy atom. The van der Waals surface area contributed by atoms with Gasteiger partial charge in [0.25, 0.3) is 11.6 Å². The third kappa shape index (κ3) is 3.27. The fourth-order valence-electron chi connectivity index (χ4n) is 2.94. The maximum Gasteiger partial charge on any atom is 0.284 e. The Bertz CT molecular complexity index is 776. The van der Waals surface area contributed by atoms with E-state index in [4.69, 9.17) is 0 Å². The molecule has 1 unspecified atom stereocenters. The summed E-state index contributed by atoms with van der Waals surface area (Å²) in [6, 6.07) is 12.4. The standard InChI is InChI=1S/C17H15BrN2O3/c18-14-9-8-12(10-16(14)20(22)23)17(21)19-15-7-3-5-11-4-1-2-6-13(11)15/h1-2,4,6,8-10,15H,3,5,7H2,(H,19,21). The van der Waals surface area contributed by atoms with Crippen LogP contribution < -0.4 is 5.32 Å². The lowest BCUT2D eigenvalue weighted by Gasteiger charge is -2.26. The van der Waals surface area contributed by atoms with E-state index >= 15 is 0 Å². The molecule has 0 radical (unpaired) electrons. The second-order valence-electron chi connectivity index (χ2n) is 5.54. The summed E-state index contributed by atoms with van der Waals surface area (Å²) in [4.78, 5) is 23.0. The van der Waals surface area contributed by atoms with Crippen molar-refractivity contribution >= 4 is 27.5 Å². The van der Waals surface area contributed by atoms with Crippen LogP contribution in [0.15, 0.2) is 46.9 Å². The second kappa shape index (κ2) is 6.50. The molecule has 23 heavy (non-hydrogen) atoms. The summed E-state index contributed by atoms with van der Waals surface area (Å²) in [6.07, 6.45) is 2.91. The van der Waals surface area contributed by atoms with Gasteiger partial charge < -0.3 is 5.32 Å². The molecule has 0 heterocycles. The molecule has 118 valence electrons. The van der Waals surface area contributed by atoms with Gasteiger partial charge in [0, 0.05) is 11.6 Å². The fraction of sp³-hybridized carbons (Fsp3) is 0.235. The molecule has 0 aliphatic heterocycles. The fourth-order valence-corrected chi connectivity index (χ4v) is 3.33. The number of nitro groups is 1. The number of nitrogens with one attached hydrogen (secondary N) is 1. The lowest BCUT2D eigenvalue weighted by Crippen LogP contribution is -2.31. The summed E-state index contributed by atoms with van der Waals surface area (Å²) in [5.41, 5.74) is 2.58. The monoisotopic (exact) mass is 374 g/mol. The zero-order chi connectivity index (χ0) is 16.4. The van der Waals surface area contributed by atoms with Gasteiger partial charge in [0.2, 0.25) is 0 Å². The molecule has 1 aliphatic carbocycles. The van der Waals surface area contributed by atoms with E-state index in [1.165, 1.54) is 17.7 Å². The number of fused-ring (bicyclic) bond motifs is 1. The van der Waals surface area contributed by atoms with Crippen LogP contribution in [0, 0.1) is 10.1 Å². The first kappa shape index (κ1) is 15.7. The number of halogens is 1. The SMILES string of the molecule is O=C(NC1CCCc2ccccc21)c1ccc(Br)c([N+](=O)[O-])c1. The van der Waals surface area contributed by atoms with Crippen LogP contribution in [-0.2, 0) is 6.42 Å². The minimum absolute atomic E-state index is 0.0462. The number of hydrogen-bond donors (Lipinski definition) is 1. The highest BCUT2D eigenvalue weighted by atomic mass is 79.9. The van der Waals surface area contributed by atoms with Gasteiger partial charge in [0.15, 0.2) is 0 Å². The van der Waals surface area contributed by atoms with Gasteiger partial charge in [-0.05, 0) is 58.5 Å². The first-order valence-corrected chi connectivity index (χ1v) is 8.18.